The fourth-order valence-corrected chi connectivity index (χ4v) is 5.93. The van der Waals surface area contributed by atoms with Crippen molar-refractivity contribution in [1.82, 2.24) is 15.4 Å². The van der Waals surface area contributed by atoms with Gasteiger partial charge in [-0.1, -0.05) is 18.9 Å². The van der Waals surface area contributed by atoms with Crippen LogP contribution in [0.25, 0.3) is 0 Å². The number of sulfonamides is 1. The Hall–Kier alpha value is -1.44. The summed E-state index contributed by atoms with van der Waals surface area (Å²) in [5.41, 5.74) is 0.408. The van der Waals surface area contributed by atoms with Crippen molar-refractivity contribution in [3.05, 3.63) is 29.8 Å². The van der Waals surface area contributed by atoms with Gasteiger partial charge in [-0.2, -0.15) is 0 Å². The molecule has 2 heterocycles. The van der Waals surface area contributed by atoms with Gasteiger partial charge in [0.25, 0.3) is 5.91 Å². The van der Waals surface area contributed by atoms with Gasteiger partial charge in [0, 0.05) is 29.7 Å². The van der Waals surface area contributed by atoms with Crippen molar-refractivity contribution < 1.29 is 13.2 Å². The molecule has 2 aliphatic heterocycles. The molecule has 0 radical (unpaired) electrons. The molecule has 26 heavy (non-hydrogen) atoms. The molecule has 1 amide bonds. The Bertz CT molecular complexity index is 762. The summed E-state index contributed by atoms with van der Waals surface area (Å²) in [4.78, 5) is 12.8. The lowest BCUT2D eigenvalue weighted by Crippen LogP contribution is -2.48. The third-order valence-electron chi connectivity index (χ3n) is 5.89. The first-order chi connectivity index (χ1) is 12.5. The number of fused-ring (bicyclic) bond motifs is 2. The van der Waals surface area contributed by atoms with E-state index in [4.69, 9.17) is 0 Å². The summed E-state index contributed by atoms with van der Waals surface area (Å²) in [6, 6.07) is 7.55. The first-order valence-corrected chi connectivity index (χ1v) is 11.2. The molecule has 3 fully saturated rings. The summed E-state index contributed by atoms with van der Waals surface area (Å²) in [5.74, 6) is -0.186. The third-order valence-corrected chi connectivity index (χ3v) is 7.41. The summed E-state index contributed by atoms with van der Waals surface area (Å²) in [7, 11) is -3.58. The largest absolute Gasteiger partial charge is 0.349 e. The van der Waals surface area contributed by atoms with Crippen LogP contribution in [0.1, 0.15) is 61.7 Å². The lowest BCUT2D eigenvalue weighted by Gasteiger charge is -2.29. The highest BCUT2D eigenvalue weighted by Crippen LogP contribution is 2.27. The van der Waals surface area contributed by atoms with E-state index in [1.54, 1.807) is 18.2 Å². The quantitative estimate of drug-likeness (QED) is 0.732. The van der Waals surface area contributed by atoms with Gasteiger partial charge in [-0.05, 0) is 56.7 Å². The van der Waals surface area contributed by atoms with Gasteiger partial charge in [-0.15, -0.1) is 0 Å². The Balaban J connectivity index is 1.43. The van der Waals surface area contributed by atoms with Crippen molar-refractivity contribution in [2.75, 3.05) is 0 Å². The molecular weight excluding hydrogens is 350 g/mol. The molecule has 1 aliphatic carbocycles. The Morgan fingerprint density at radius 1 is 1.00 bits per heavy atom. The number of hydrogen-bond acceptors (Lipinski definition) is 4. The second kappa shape index (κ2) is 7.29. The Morgan fingerprint density at radius 2 is 1.69 bits per heavy atom. The van der Waals surface area contributed by atoms with Crippen molar-refractivity contribution in [2.24, 2.45) is 0 Å². The summed E-state index contributed by atoms with van der Waals surface area (Å²) in [5, 5.41) is 6.65. The molecule has 4 rings (SSSR count). The van der Waals surface area contributed by atoms with Crippen LogP contribution in [0, 0.1) is 0 Å². The zero-order chi connectivity index (χ0) is 18.1. The standard InChI is InChI=1S/C19H27N3O3S/c23-19(21-17-11-15-8-9-16(12-17)20-15)13-4-3-7-18(10-13)26(24,25)22-14-5-1-2-6-14/h3-4,7,10,14-17,20,22H,1-2,5-6,8-9,11-12H2,(H,21,23). The molecule has 0 spiro atoms. The van der Waals surface area contributed by atoms with Gasteiger partial charge in [0.05, 0.1) is 4.90 Å². The second-order valence-corrected chi connectivity index (χ2v) is 9.62. The molecule has 1 aromatic rings. The molecular formula is C19H27N3O3S. The minimum absolute atomic E-state index is 0.0164. The number of hydrogen-bond donors (Lipinski definition) is 3. The Labute approximate surface area is 155 Å². The highest BCUT2D eigenvalue weighted by atomic mass is 32.2. The Kier molecular flexibility index (Phi) is 5.03. The van der Waals surface area contributed by atoms with Crippen LogP contribution >= 0.6 is 0 Å². The lowest BCUT2D eigenvalue weighted by molar-refractivity contribution is 0.0923. The average molecular weight is 378 g/mol. The number of nitrogens with one attached hydrogen (secondary N) is 3. The van der Waals surface area contributed by atoms with Crippen molar-refractivity contribution in [1.29, 1.82) is 0 Å². The smallest absolute Gasteiger partial charge is 0.251 e. The van der Waals surface area contributed by atoms with Crippen molar-refractivity contribution in [3.63, 3.8) is 0 Å². The SMILES string of the molecule is O=C(NC1CC2CCC(C1)N2)c1cccc(S(=O)(=O)NC2CCCC2)c1. The lowest BCUT2D eigenvalue weighted by atomic mass is 9.99. The van der Waals surface area contributed by atoms with E-state index in [1.807, 2.05) is 0 Å². The van der Waals surface area contributed by atoms with Crippen molar-refractivity contribution in [2.45, 2.75) is 80.4 Å². The monoisotopic (exact) mass is 377 g/mol. The van der Waals surface area contributed by atoms with E-state index in [2.05, 4.69) is 15.4 Å². The molecule has 142 valence electrons. The third kappa shape index (κ3) is 3.94. The maximum atomic E-state index is 12.6. The first-order valence-electron chi connectivity index (χ1n) is 9.69. The van der Waals surface area contributed by atoms with E-state index < -0.39 is 10.0 Å². The van der Waals surface area contributed by atoms with E-state index in [9.17, 15) is 13.2 Å². The zero-order valence-electron chi connectivity index (χ0n) is 14.9. The zero-order valence-corrected chi connectivity index (χ0v) is 15.7. The molecule has 1 saturated carbocycles. The maximum Gasteiger partial charge on any atom is 0.251 e. The van der Waals surface area contributed by atoms with Crippen LogP contribution in [0.15, 0.2) is 29.2 Å². The molecule has 1 aromatic carbocycles. The number of benzene rings is 1. The minimum Gasteiger partial charge on any atom is -0.349 e. The van der Waals surface area contributed by atoms with Gasteiger partial charge in [-0.3, -0.25) is 4.79 Å². The fraction of sp³-hybridized carbons (Fsp3) is 0.632. The highest BCUT2D eigenvalue weighted by molar-refractivity contribution is 7.89. The summed E-state index contributed by atoms with van der Waals surface area (Å²) < 4.78 is 28.0. The normalized spacial score (nSPS) is 29.0. The van der Waals surface area contributed by atoms with Gasteiger partial charge < -0.3 is 10.6 Å². The van der Waals surface area contributed by atoms with Gasteiger partial charge >= 0.3 is 0 Å². The molecule has 3 N–H and O–H groups in total. The molecule has 2 bridgehead atoms. The van der Waals surface area contributed by atoms with Crippen LogP contribution in [-0.4, -0.2) is 38.5 Å². The van der Waals surface area contributed by atoms with Gasteiger partial charge in [0.1, 0.15) is 0 Å². The number of amides is 1. The average Bonchev–Trinajstić information content (AvgIpc) is 3.24. The van der Waals surface area contributed by atoms with Gasteiger partial charge in [0.2, 0.25) is 10.0 Å². The number of carbonyl (C=O) groups excluding carboxylic acids is 1. The van der Waals surface area contributed by atoms with Crippen LogP contribution in [0.5, 0.6) is 0 Å². The molecule has 2 saturated heterocycles. The van der Waals surface area contributed by atoms with Crippen LogP contribution in [0.2, 0.25) is 0 Å². The van der Waals surface area contributed by atoms with Crippen molar-refractivity contribution in [3.8, 4) is 0 Å². The second-order valence-electron chi connectivity index (χ2n) is 7.91. The van der Waals surface area contributed by atoms with E-state index >= 15 is 0 Å². The van der Waals surface area contributed by atoms with E-state index in [1.165, 1.54) is 18.9 Å². The molecule has 0 aromatic heterocycles. The van der Waals surface area contributed by atoms with Crippen LogP contribution < -0.4 is 15.4 Å². The highest BCUT2D eigenvalue weighted by Gasteiger charge is 2.34. The fourth-order valence-electron chi connectivity index (χ4n) is 4.58. The van der Waals surface area contributed by atoms with E-state index in [-0.39, 0.29) is 22.9 Å². The molecule has 7 heteroatoms. The van der Waals surface area contributed by atoms with E-state index in [0.717, 1.165) is 38.5 Å². The van der Waals surface area contributed by atoms with Gasteiger partial charge in [0.15, 0.2) is 0 Å². The first kappa shape index (κ1) is 17.9. The Morgan fingerprint density at radius 3 is 2.38 bits per heavy atom. The summed E-state index contributed by atoms with van der Waals surface area (Å²) >= 11 is 0. The summed E-state index contributed by atoms with van der Waals surface area (Å²) in [6.45, 7) is 0. The van der Waals surface area contributed by atoms with Gasteiger partial charge in [-0.25, -0.2) is 13.1 Å². The minimum atomic E-state index is -3.58. The maximum absolute atomic E-state index is 12.6. The number of carbonyl (C=O) groups is 1. The molecule has 2 unspecified atom stereocenters. The molecule has 6 nitrogen and oxygen atoms in total. The van der Waals surface area contributed by atoms with E-state index in [0.29, 0.717) is 17.6 Å². The van der Waals surface area contributed by atoms with Crippen LogP contribution in [-0.2, 0) is 10.0 Å². The predicted octanol–water partition coefficient (Wildman–Crippen LogP) is 1.92. The van der Waals surface area contributed by atoms with Crippen LogP contribution in [0.4, 0.5) is 0 Å². The predicted molar refractivity (Wildman–Crippen MR) is 99.5 cm³/mol. The van der Waals surface area contributed by atoms with Crippen LogP contribution in [0.3, 0.4) is 0 Å². The number of piperidine rings is 1. The molecule has 2 atom stereocenters. The summed E-state index contributed by atoms with van der Waals surface area (Å²) in [6.07, 6.45) is 8.15. The molecule has 3 aliphatic rings. The van der Waals surface area contributed by atoms with Crippen molar-refractivity contribution >= 4 is 15.9 Å². The number of rotatable bonds is 5. The topological polar surface area (TPSA) is 87.3 Å².